The molecule has 0 radical (unpaired) electrons. The Labute approximate surface area is 99.5 Å². The van der Waals surface area contributed by atoms with Crippen LogP contribution in [0.5, 0.6) is 0 Å². The number of ether oxygens (including phenoxy) is 1. The molecular formula is C12H15NO4. The minimum Gasteiger partial charge on any atom is -0.462 e. The third kappa shape index (κ3) is 3.04. The normalized spacial score (nSPS) is 9.82. The molecule has 0 bridgehead atoms. The number of carbonyl (C=O) groups excluding carboxylic acids is 2. The van der Waals surface area contributed by atoms with Gasteiger partial charge in [0, 0.05) is 0 Å². The highest BCUT2D eigenvalue weighted by Gasteiger charge is 2.14. The Hall–Kier alpha value is -1.88. The van der Waals surface area contributed by atoms with Gasteiger partial charge in [-0.3, -0.25) is 0 Å². The maximum atomic E-state index is 11.5. The summed E-state index contributed by atoms with van der Waals surface area (Å²) in [5.74, 6) is 3.81. The Morgan fingerprint density at radius 3 is 2.47 bits per heavy atom. The highest BCUT2D eigenvalue weighted by atomic mass is 16.7. The highest BCUT2D eigenvalue weighted by molar-refractivity contribution is 5.94. The predicted octanol–water partition coefficient (Wildman–Crippen LogP) is 1.46. The van der Waals surface area contributed by atoms with E-state index in [4.69, 9.17) is 10.6 Å². The van der Waals surface area contributed by atoms with Gasteiger partial charge in [-0.1, -0.05) is 6.92 Å². The molecule has 5 nitrogen and oxygen atoms in total. The van der Waals surface area contributed by atoms with Crippen LogP contribution < -0.4 is 5.90 Å². The van der Waals surface area contributed by atoms with Crippen LogP contribution in [0.4, 0.5) is 0 Å². The van der Waals surface area contributed by atoms with E-state index in [1.54, 1.807) is 13.0 Å². The summed E-state index contributed by atoms with van der Waals surface area (Å²) in [6.07, 6.45) is 0.595. The summed E-state index contributed by atoms with van der Waals surface area (Å²) >= 11 is 0. The van der Waals surface area contributed by atoms with Gasteiger partial charge in [-0.2, -0.15) is 5.90 Å². The van der Waals surface area contributed by atoms with E-state index in [1.165, 1.54) is 12.1 Å². The number of carbonyl (C=O) groups is 2. The average molecular weight is 237 g/mol. The van der Waals surface area contributed by atoms with Crippen LogP contribution >= 0.6 is 0 Å². The van der Waals surface area contributed by atoms with Crippen molar-refractivity contribution >= 4 is 11.9 Å². The van der Waals surface area contributed by atoms with Crippen molar-refractivity contribution in [3.8, 4) is 0 Å². The Bertz CT molecular complexity index is 429. The summed E-state index contributed by atoms with van der Waals surface area (Å²) in [6.45, 7) is 3.92. The number of hydrogen-bond donors (Lipinski definition) is 1. The molecule has 0 atom stereocenters. The van der Waals surface area contributed by atoms with Crippen LogP contribution in [0.1, 0.15) is 40.1 Å². The van der Waals surface area contributed by atoms with Crippen LogP contribution in [0, 0.1) is 0 Å². The van der Waals surface area contributed by atoms with E-state index in [9.17, 15) is 9.59 Å². The van der Waals surface area contributed by atoms with Gasteiger partial charge in [0.25, 0.3) is 0 Å². The van der Waals surface area contributed by atoms with E-state index < -0.39 is 11.9 Å². The summed E-state index contributed by atoms with van der Waals surface area (Å²) in [7, 11) is 0. The van der Waals surface area contributed by atoms with Crippen LogP contribution in [-0.4, -0.2) is 18.5 Å². The second-order valence-electron chi connectivity index (χ2n) is 3.35. The molecular weight excluding hydrogens is 222 g/mol. The third-order valence-electron chi connectivity index (χ3n) is 2.32. The molecule has 1 aromatic carbocycles. The maximum Gasteiger partial charge on any atom is 0.356 e. The molecule has 0 aromatic heterocycles. The fourth-order valence-corrected chi connectivity index (χ4v) is 1.49. The average Bonchev–Trinajstić information content (AvgIpc) is 2.37. The number of hydrogen-bond acceptors (Lipinski definition) is 5. The van der Waals surface area contributed by atoms with E-state index in [-0.39, 0.29) is 0 Å². The smallest absolute Gasteiger partial charge is 0.356 e. The fraction of sp³-hybridized carbons (Fsp3) is 0.333. The molecule has 5 heteroatoms. The molecule has 1 rings (SSSR count). The molecule has 0 aliphatic carbocycles. The van der Waals surface area contributed by atoms with Crippen molar-refractivity contribution in [3.63, 3.8) is 0 Å². The molecule has 0 fully saturated rings. The monoisotopic (exact) mass is 237 g/mol. The van der Waals surface area contributed by atoms with Gasteiger partial charge in [0.15, 0.2) is 0 Å². The fourth-order valence-electron chi connectivity index (χ4n) is 1.49. The topological polar surface area (TPSA) is 78.6 Å². The Morgan fingerprint density at radius 1 is 1.24 bits per heavy atom. The van der Waals surface area contributed by atoms with Crippen molar-refractivity contribution in [1.82, 2.24) is 0 Å². The minimum atomic E-state index is -0.614. The second kappa shape index (κ2) is 6.00. The van der Waals surface area contributed by atoms with Crippen LogP contribution in [0.15, 0.2) is 18.2 Å². The van der Waals surface area contributed by atoms with Gasteiger partial charge >= 0.3 is 11.9 Å². The first-order valence-electron chi connectivity index (χ1n) is 5.35. The van der Waals surface area contributed by atoms with E-state index >= 15 is 0 Å². The molecule has 0 unspecified atom stereocenters. The van der Waals surface area contributed by atoms with Crippen molar-refractivity contribution < 1.29 is 19.2 Å². The van der Waals surface area contributed by atoms with Gasteiger partial charge in [-0.15, -0.1) is 0 Å². The quantitative estimate of drug-likeness (QED) is 0.633. The van der Waals surface area contributed by atoms with Gasteiger partial charge in [0.05, 0.1) is 17.7 Å². The zero-order valence-corrected chi connectivity index (χ0v) is 9.86. The van der Waals surface area contributed by atoms with Gasteiger partial charge in [-0.05, 0) is 37.1 Å². The van der Waals surface area contributed by atoms with Crippen molar-refractivity contribution in [3.05, 3.63) is 34.9 Å². The molecule has 0 amide bonds. The number of nitrogens with two attached hydrogens (primary N) is 1. The molecule has 2 N–H and O–H groups in total. The largest absolute Gasteiger partial charge is 0.462 e. The highest BCUT2D eigenvalue weighted by Crippen LogP contribution is 2.14. The van der Waals surface area contributed by atoms with Gasteiger partial charge in [0.2, 0.25) is 0 Å². The second-order valence-corrected chi connectivity index (χ2v) is 3.35. The molecule has 0 aliphatic heterocycles. The lowest BCUT2D eigenvalue weighted by Gasteiger charge is -2.08. The molecule has 0 heterocycles. The zero-order valence-electron chi connectivity index (χ0n) is 9.86. The third-order valence-corrected chi connectivity index (χ3v) is 2.32. The predicted molar refractivity (Wildman–Crippen MR) is 61.4 cm³/mol. The summed E-state index contributed by atoms with van der Waals surface area (Å²) in [5, 5.41) is 0. The van der Waals surface area contributed by atoms with Crippen molar-refractivity contribution in [2.75, 3.05) is 6.61 Å². The van der Waals surface area contributed by atoms with Gasteiger partial charge in [0.1, 0.15) is 0 Å². The van der Waals surface area contributed by atoms with E-state index in [2.05, 4.69) is 4.84 Å². The lowest BCUT2D eigenvalue weighted by molar-refractivity contribution is 0.0495. The molecule has 1 aromatic rings. The molecule has 0 spiro atoms. The standard InChI is InChI=1S/C12H15NO4/c1-3-8-7-9(11(14)16-4-2)5-6-10(8)12(15)17-13/h5-7H,3-4,13H2,1-2H3. The molecule has 17 heavy (non-hydrogen) atoms. The Balaban J connectivity index is 3.08. The molecule has 0 aliphatic rings. The number of esters is 1. The van der Waals surface area contributed by atoms with E-state index in [0.29, 0.717) is 29.7 Å². The Kier molecular flexibility index (Phi) is 4.66. The Morgan fingerprint density at radius 2 is 1.94 bits per heavy atom. The summed E-state index contributed by atoms with van der Waals surface area (Å²) in [4.78, 5) is 27.0. The molecule has 0 saturated heterocycles. The van der Waals surface area contributed by atoms with Crippen LogP contribution in [0.25, 0.3) is 0 Å². The van der Waals surface area contributed by atoms with E-state index in [0.717, 1.165) is 0 Å². The van der Waals surface area contributed by atoms with Crippen LogP contribution in [-0.2, 0) is 16.0 Å². The lowest BCUT2D eigenvalue weighted by atomic mass is 10.0. The first-order valence-corrected chi connectivity index (χ1v) is 5.35. The van der Waals surface area contributed by atoms with E-state index in [1.807, 2.05) is 6.92 Å². The summed E-state index contributed by atoms with van der Waals surface area (Å²) < 4.78 is 4.87. The zero-order chi connectivity index (χ0) is 12.8. The SMILES string of the molecule is CCOC(=O)c1ccc(C(=O)ON)c(CC)c1. The number of aryl methyl sites for hydroxylation is 1. The first-order chi connectivity index (χ1) is 8.13. The van der Waals surface area contributed by atoms with Gasteiger partial charge in [-0.25, -0.2) is 9.59 Å². The summed E-state index contributed by atoms with van der Waals surface area (Å²) in [6, 6.07) is 4.65. The van der Waals surface area contributed by atoms with Crippen LogP contribution in [0.2, 0.25) is 0 Å². The first kappa shape index (κ1) is 13.2. The van der Waals surface area contributed by atoms with Gasteiger partial charge < -0.3 is 9.57 Å². The van der Waals surface area contributed by atoms with Crippen LogP contribution in [0.3, 0.4) is 0 Å². The molecule has 92 valence electrons. The number of benzene rings is 1. The minimum absolute atomic E-state index is 0.312. The lowest BCUT2D eigenvalue weighted by Crippen LogP contribution is -2.13. The van der Waals surface area contributed by atoms with Crippen molar-refractivity contribution in [2.24, 2.45) is 5.90 Å². The maximum absolute atomic E-state index is 11.5. The number of rotatable bonds is 4. The van der Waals surface area contributed by atoms with Crippen molar-refractivity contribution in [1.29, 1.82) is 0 Å². The van der Waals surface area contributed by atoms with Crippen molar-refractivity contribution in [2.45, 2.75) is 20.3 Å². The molecule has 0 saturated carbocycles. The summed E-state index contributed by atoms with van der Waals surface area (Å²) in [5.41, 5.74) is 1.48.